The van der Waals surface area contributed by atoms with Crippen molar-refractivity contribution in [3.8, 4) is 0 Å². The first-order valence-corrected chi connectivity index (χ1v) is 10.1. The third kappa shape index (κ3) is 4.29. The molecular weight excluding hydrogens is 350 g/mol. The number of aryl methyl sites for hydroxylation is 1. The zero-order valence-corrected chi connectivity index (χ0v) is 15.7. The van der Waals surface area contributed by atoms with Crippen LogP contribution in [-0.2, 0) is 19.6 Å². The lowest BCUT2D eigenvalue weighted by molar-refractivity contribution is -0.143. The Morgan fingerprint density at radius 2 is 2.12 bits per heavy atom. The summed E-state index contributed by atoms with van der Waals surface area (Å²) in [5.41, 5.74) is 0.636. The summed E-state index contributed by atoms with van der Waals surface area (Å²) in [7, 11) is -3.68. The third-order valence-corrected chi connectivity index (χ3v) is 6.87. The summed E-state index contributed by atoms with van der Waals surface area (Å²) in [5.74, 6) is -0.283. The maximum Gasteiger partial charge on any atom is 0.305 e. The molecule has 0 N–H and O–H groups in total. The van der Waals surface area contributed by atoms with E-state index in [-0.39, 0.29) is 28.4 Å². The number of esters is 1. The maximum absolute atomic E-state index is 13.1. The van der Waals surface area contributed by atoms with E-state index < -0.39 is 10.0 Å². The van der Waals surface area contributed by atoms with Crippen LogP contribution < -0.4 is 0 Å². The molecule has 0 spiro atoms. The molecule has 0 radical (unpaired) electrons. The number of sulfonamides is 1. The number of piperidine rings is 1. The largest absolute Gasteiger partial charge is 0.466 e. The lowest BCUT2D eigenvalue weighted by atomic mass is 10.0. The Labute approximate surface area is 149 Å². The SMILES string of the molecule is CCOC(=O)CCC1CCCCN1S(=O)(=O)c1c(C)cccc1Cl. The minimum Gasteiger partial charge on any atom is -0.466 e. The summed E-state index contributed by atoms with van der Waals surface area (Å²) < 4.78 is 32.7. The predicted molar refractivity (Wildman–Crippen MR) is 93.6 cm³/mol. The van der Waals surface area contributed by atoms with Gasteiger partial charge in [-0.2, -0.15) is 4.31 Å². The minimum absolute atomic E-state index is 0.176. The highest BCUT2D eigenvalue weighted by atomic mass is 35.5. The van der Waals surface area contributed by atoms with Crippen LogP contribution in [0.25, 0.3) is 0 Å². The van der Waals surface area contributed by atoms with Gasteiger partial charge in [-0.05, 0) is 44.7 Å². The zero-order chi connectivity index (χ0) is 17.7. The van der Waals surface area contributed by atoms with Gasteiger partial charge in [0.15, 0.2) is 0 Å². The van der Waals surface area contributed by atoms with Crippen molar-refractivity contribution in [3.05, 3.63) is 28.8 Å². The highest BCUT2D eigenvalue weighted by Crippen LogP contribution is 2.33. The molecule has 1 aromatic carbocycles. The lowest BCUT2D eigenvalue weighted by Gasteiger charge is -2.35. The van der Waals surface area contributed by atoms with E-state index in [0.717, 1.165) is 19.3 Å². The summed E-state index contributed by atoms with van der Waals surface area (Å²) in [6.45, 7) is 4.30. The van der Waals surface area contributed by atoms with Gasteiger partial charge < -0.3 is 4.74 Å². The number of carbonyl (C=O) groups excluding carboxylic acids is 1. The second kappa shape index (κ2) is 8.32. The maximum atomic E-state index is 13.1. The molecule has 1 fully saturated rings. The zero-order valence-electron chi connectivity index (χ0n) is 14.1. The summed E-state index contributed by atoms with van der Waals surface area (Å²) in [4.78, 5) is 11.8. The third-order valence-electron chi connectivity index (χ3n) is 4.29. The van der Waals surface area contributed by atoms with Crippen LogP contribution >= 0.6 is 11.6 Å². The van der Waals surface area contributed by atoms with Gasteiger partial charge in [0.2, 0.25) is 10.0 Å². The monoisotopic (exact) mass is 373 g/mol. The van der Waals surface area contributed by atoms with Crippen LogP contribution in [-0.4, -0.2) is 37.9 Å². The fourth-order valence-electron chi connectivity index (χ4n) is 3.16. The normalized spacial score (nSPS) is 19.2. The molecule has 24 heavy (non-hydrogen) atoms. The Morgan fingerprint density at radius 1 is 1.38 bits per heavy atom. The Hall–Kier alpha value is -1.11. The molecule has 1 heterocycles. The van der Waals surface area contributed by atoms with Crippen molar-refractivity contribution in [2.24, 2.45) is 0 Å². The minimum atomic E-state index is -3.68. The molecule has 0 amide bonds. The molecule has 0 aliphatic carbocycles. The highest BCUT2D eigenvalue weighted by molar-refractivity contribution is 7.89. The molecule has 2 rings (SSSR count). The van der Waals surface area contributed by atoms with Gasteiger partial charge in [0.25, 0.3) is 0 Å². The molecule has 1 aliphatic rings. The van der Waals surface area contributed by atoms with E-state index in [1.165, 1.54) is 4.31 Å². The predicted octanol–water partition coefficient (Wildman–Crippen LogP) is 3.53. The van der Waals surface area contributed by atoms with E-state index in [1.807, 2.05) is 0 Å². The molecule has 0 aromatic heterocycles. The van der Waals surface area contributed by atoms with Crippen molar-refractivity contribution in [1.82, 2.24) is 4.31 Å². The number of rotatable bonds is 6. The van der Waals surface area contributed by atoms with E-state index in [9.17, 15) is 13.2 Å². The van der Waals surface area contributed by atoms with Crippen molar-refractivity contribution >= 4 is 27.6 Å². The van der Waals surface area contributed by atoms with Gasteiger partial charge in [0.1, 0.15) is 4.90 Å². The van der Waals surface area contributed by atoms with E-state index in [2.05, 4.69) is 0 Å². The second-order valence-electron chi connectivity index (χ2n) is 5.99. The first-order valence-electron chi connectivity index (χ1n) is 8.30. The van der Waals surface area contributed by atoms with Crippen LogP contribution in [0, 0.1) is 6.92 Å². The van der Waals surface area contributed by atoms with Crippen LogP contribution in [0.15, 0.2) is 23.1 Å². The molecule has 5 nitrogen and oxygen atoms in total. The first kappa shape index (κ1) is 19.2. The van der Waals surface area contributed by atoms with Gasteiger partial charge >= 0.3 is 5.97 Å². The standard InChI is InChI=1S/C17H24ClNO4S/c1-3-23-16(20)11-10-14-8-4-5-12-19(14)24(21,22)17-13(2)7-6-9-15(17)18/h6-7,9,14H,3-5,8,10-12H2,1-2H3. The second-order valence-corrected chi connectivity index (χ2v) is 8.23. The molecule has 1 unspecified atom stereocenters. The number of benzene rings is 1. The fraction of sp³-hybridized carbons (Fsp3) is 0.588. The van der Waals surface area contributed by atoms with Crippen molar-refractivity contribution in [3.63, 3.8) is 0 Å². The molecule has 1 aliphatic heterocycles. The highest BCUT2D eigenvalue weighted by Gasteiger charge is 2.35. The number of hydrogen-bond acceptors (Lipinski definition) is 4. The van der Waals surface area contributed by atoms with Gasteiger partial charge in [-0.25, -0.2) is 8.42 Å². The number of hydrogen-bond donors (Lipinski definition) is 0. The number of carbonyl (C=O) groups is 1. The molecule has 1 aromatic rings. The Morgan fingerprint density at radius 3 is 2.79 bits per heavy atom. The van der Waals surface area contributed by atoms with Crippen LogP contribution in [0.1, 0.15) is 44.6 Å². The Kier molecular flexibility index (Phi) is 6.66. The van der Waals surface area contributed by atoms with E-state index >= 15 is 0 Å². The van der Waals surface area contributed by atoms with Gasteiger partial charge in [-0.1, -0.05) is 30.2 Å². The van der Waals surface area contributed by atoms with Gasteiger partial charge in [-0.15, -0.1) is 0 Å². The fourth-order valence-corrected chi connectivity index (χ4v) is 5.67. The number of nitrogens with zero attached hydrogens (tertiary/aromatic N) is 1. The van der Waals surface area contributed by atoms with Crippen LogP contribution in [0.4, 0.5) is 0 Å². The average Bonchev–Trinajstić information content (AvgIpc) is 2.53. The molecule has 1 saturated heterocycles. The van der Waals surface area contributed by atoms with Crippen LogP contribution in [0.2, 0.25) is 5.02 Å². The van der Waals surface area contributed by atoms with Crippen molar-refractivity contribution in [2.45, 2.75) is 56.9 Å². The van der Waals surface area contributed by atoms with E-state index in [0.29, 0.717) is 25.1 Å². The van der Waals surface area contributed by atoms with Crippen molar-refractivity contribution in [1.29, 1.82) is 0 Å². The smallest absolute Gasteiger partial charge is 0.305 e. The summed E-state index contributed by atoms with van der Waals surface area (Å²) in [5, 5.41) is 0.240. The van der Waals surface area contributed by atoms with E-state index in [4.69, 9.17) is 16.3 Å². The Bertz CT molecular complexity index is 670. The molecule has 7 heteroatoms. The average molecular weight is 374 g/mol. The lowest BCUT2D eigenvalue weighted by Crippen LogP contribution is -2.44. The number of ether oxygens (including phenoxy) is 1. The number of halogens is 1. The molecule has 1 atom stereocenters. The molecule has 0 bridgehead atoms. The molecular formula is C17H24ClNO4S. The van der Waals surface area contributed by atoms with Crippen molar-refractivity contribution < 1.29 is 17.9 Å². The first-order chi connectivity index (χ1) is 11.4. The topological polar surface area (TPSA) is 63.7 Å². The summed E-state index contributed by atoms with van der Waals surface area (Å²) >= 11 is 6.17. The van der Waals surface area contributed by atoms with Gasteiger partial charge in [-0.3, -0.25) is 4.79 Å². The van der Waals surface area contributed by atoms with Crippen molar-refractivity contribution in [2.75, 3.05) is 13.2 Å². The summed E-state index contributed by atoms with van der Waals surface area (Å²) in [6.07, 6.45) is 3.23. The van der Waals surface area contributed by atoms with E-state index in [1.54, 1.807) is 32.0 Å². The van der Waals surface area contributed by atoms with Gasteiger partial charge in [0, 0.05) is 19.0 Å². The van der Waals surface area contributed by atoms with Crippen LogP contribution in [0.3, 0.4) is 0 Å². The molecule has 0 saturated carbocycles. The quantitative estimate of drug-likeness (QED) is 0.715. The molecule has 134 valence electrons. The van der Waals surface area contributed by atoms with Gasteiger partial charge in [0.05, 0.1) is 11.6 Å². The Balaban J connectivity index is 2.24. The van der Waals surface area contributed by atoms with Crippen LogP contribution in [0.5, 0.6) is 0 Å². The summed E-state index contributed by atoms with van der Waals surface area (Å²) in [6, 6.07) is 4.89.